The van der Waals surface area contributed by atoms with Crippen LogP contribution in [0.25, 0.3) is 16.9 Å². The van der Waals surface area contributed by atoms with Crippen molar-refractivity contribution in [1.29, 1.82) is 0 Å². The van der Waals surface area contributed by atoms with E-state index >= 15 is 0 Å². The Morgan fingerprint density at radius 2 is 1.51 bits per heavy atom. The molecule has 0 atom stereocenters. The van der Waals surface area contributed by atoms with Gasteiger partial charge >= 0.3 is 12.4 Å². The third kappa shape index (κ3) is 5.25. The van der Waals surface area contributed by atoms with Crippen molar-refractivity contribution >= 4 is 15.7 Å². The van der Waals surface area contributed by atoms with Gasteiger partial charge in [-0.05, 0) is 30.2 Å². The van der Waals surface area contributed by atoms with Gasteiger partial charge < -0.3 is 0 Å². The van der Waals surface area contributed by atoms with Crippen molar-refractivity contribution in [3.63, 3.8) is 0 Å². The van der Waals surface area contributed by atoms with Crippen LogP contribution in [0.4, 0.5) is 35.1 Å². The van der Waals surface area contributed by atoms with Gasteiger partial charge in [-0.1, -0.05) is 18.1 Å². The van der Waals surface area contributed by atoms with Crippen LogP contribution in [-0.4, -0.2) is 22.8 Å². The molecule has 0 aliphatic carbocycles. The largest absolute Gasteiger partial charge is 0.431 e. The number of nitrogens with two attached hydrogens (primary N) is 1. The normalized spacial score (nSPS) is 12.5. The predicted octanol–water partition coefficient (Wildman–Crippen LogP) is 4.76. The number of alkyl halides is 6. The van der Waals surface area contributed by atoms with Crippen molar-refractivity contribution in [3.8, 4) is 23.1 Å². The molecule has 0 saturated heterocycles. The standard InChI is InChI=1S/C22H10F8N4O2S/c23-14-8-15(24)18(37(31,35)36)7-12(14)3-6-16-20-33-17(9-19(22(28,29)30)34(20)10-32-16)11-1-4-13(5-2-11)21(25,26)27/h1-2,4-5,7-10H,(H2,31,35,36). The number of halogens is 8. The van der Waals surface area contributed by atoms with Gasteiger partial charge in [-0.3, -0.25) is 4.40 Å². The zero-order chi connectivity index (χ0) is 27.3. The second-order valence-corrected chi connectivity index (χ2v) is 8.97. The summed E-state index contributed by atoms with van der Waals surface area (Å²) in [7, 11) is -4.59. The fraction of sp³-hybridized carbons (Fsp3) is 0.0909. The van der Waals surface area contributed by atoms with Crippen molar-refractivity contribution in [2.75, 3.05) is 0 Å². The van der Waals surface area contributed by atoms with Crippen LogP contribution in [0, 0.1) is 23.5 Å². The lowest BCUT2D eigenvalue weighted by atomic mass is 10.1. The SMILES string of the molecule is NS(=O)(=O)c1cc(C#Cc2ncn3c(C(F)(F)F)cc(-c4ccc(C(F)(F)F)cc4)nc23)c(F)cc1F. The zero-order valence-corrected chi connectivity index (χ0v) is 18.6. The molecule has 0 radical (unpaired) electrons. The summed E-state index contributed by atoms with van der Waals surface area (Å²) in [4.78, 5) is 6.69. The maximum atomic E-state index is 14.1. The lowest BCUT2D eigenvalue weighted by Crippen LogP contribution is -2.14. The Hall–Kier alpha value is -4.03. The molecule has 37 heavy (non-hydrogen) atoms. The highest BCUT2D eigenvalue weighted by molar-refractivity contribution is 7.89. The maximum Gasteiger partial charge on any atom is 0.431 e. The average Bonchev–Trinajstić information content (AvgIpc) is 3.18. The number of nitrogens with zero attached hydrogens (tertiary/aromatic N) is 3. The Morgan fingerprint density at radius 3 is 2.08 bits per heavy atom. The van der Waals surface area contributed by atoms with Crippen LogP contribution in [0.1, 0.15) is 22.5 Å². The van der Waals surface area contributed by atoms with Gasteiger partial charge in [-0.2, -0.15) is 26.3 Å². The number of aromatic nitrogens is 3. The topological polar surface area (TPSA) is 90.4 Å². The minimum Gasteiger partial charge on any atom is -0.278 e. The Morgan fingerprint density at radius 1 is 0.865 bits per heavy atom. The first-order valence-electron chi connectivity index (χ1n) is 9.72. The van der Waals surface area contributed by atoms with Crippen LogP contribution in [0.15, 0.2) is 53.7 Å². The van der Waals surface area contributed by atoms with E-state index in [9.17, 15) is 43.5 Å². The van der Waals surface area contributed by atoms with Crippen LogP contribution < -0.4 is 5.14 Å². The van der Waals surface area contributed by atoms with E-state index in [1.54, 1.807) is 0 Å². The zero-order valence-electron chi connectivity index (χ0n) is 17.8. The number of hydrogen-bond donors (Lipinski definition) is 1. The van der Waals surface area contributed by atoms with Crippen molar-refractivity contribution in [3.05, 3.63) is 82.9 Å². The molecule has 2 heterocycles. The smallest absolute Gasteiger partial charge is 0.278 e. The first-order chi connectivity index (χ1) is 17.1. The molecule has 0 fully saturated rings. The van der Waals surface area contributed by atoms with Gasteiger partial charge in [0.15, 0.2) is 11.3 Å². The molecule has 0 aliphatic heterocycles. The monoisotopic (exact) mass is 546 g/mol. The van der Waals surface area contributed by atoms with Crippen LogP contribution in [-0.2, 0) is 22.4 Å². The number of hydrogen-bond acceptors (Lipinski definition) is 4. The van der Waals surface area contributed by atoms with Crippen molar-refractivity contribution in [2.45, 2.75) is 17.2 Å². The number of rotatable bonds is 2. The maximum absolute atomic E-state index is 14.1. The summed E-state index contributed by atoms with van der Waals surface area (Å²) in [5.74, 6) is 1.65. The minimum atomic E-state index is -4.94. The van der Waals surface area contributed by atoms with Crippen molar-refractivity contribution in [2.24, 2.45) is 5.14 Å². The Bertz CT molecular complexity index is 1700. The highest BCUT2D eigenvalue weighted by Gasteiger charge is 2.35. The average molecular weight is 546 g/mol. The van der Waals surface area contributed by atoms with E-state index in [0.29, 0.717) is 28.7 Å². The molecule has 0 unspecified atom stereocenters. The van der Waals surface area contributed by atoms with Crippen LogP contribution >= 0.6 is 0 Å². The number of primary sulfonamides is 1. The van der Waals surface area contributed by atoms with E-state index in [2.05, 4.69) is 21.8 Å². The van der Waals surface area contributed by atoms with Crippen LogP contribution in [0.2, 0.25) is 0 Å². The van der Waals surface area contributed by atoms with E-state index in [-0.39, 0.29) is 17.3 Å². The summed E-state index contributed by atoms with van der Waals surface area (Å²) in [5.41, 5.74) is -4.29. The fourth-order valence-electron chi connectivity index (χ4n) is 3.22. The fourth-order valence-corrected chi connectivity index (χ4v) is 3.84. The third-order valence-electron chi connectivity index (χ3n) is 4.94. The molecule has 0 amide bonds. The molecule has 0 spiro atoms. The first-order valence-corrected chi connectivity index (χ1v) is 11.3. The van der Waals surface area contributed by atoms with Crippen molar-refractivity contribution < 1.29 is 43.5 Å². The Kier molecular flexibility index (Phi) is 6.21. The molecule has 2 aromatic heterocycles. The van der Waals surface area contributed by atoms with Crippen LogP contribution in [0.5, 0.6) is 0 Å². The van der Waals surface area contributed by atoms with E-state index in [0.717, 1.165) is 18.5 Å². The summed E-state index contributed by atoms with van der Waals surface area (Å²) in [6, 6.07) is 4.55. The molecule has 0 saturated carbocycles. The van der Waals surface area contributed by atoms with Crippen molar-refractivity contribution in [1.82, 2.24) is 14.4 Å². The summed E-state index contributed by atoms with van der Waals surface area (Å²) < 4.78 is 131. The lowest BCUT2D eigenvalue weighted by molar-refractivity contribution is -0.142. The summed E-state index contributed by atoms with van der Waals surface area (Å²) >= 11 is 0. The van der Waals surface area contributed by atoms with Gasteiger partial charge in [0.1, 0.15) is 28.6 Å². The van der Waals surface area contributed by atoms with Crippen LogP contribution in [0.3, 0.4) is 0 Å². The Labute approximate surface area is 202 Å². The van der Waals surface area contributed by atoms with E-state index in [4.69, 9.17) is 5.14 Å². The number of fused-ring (bicyclic) bond motifs is 1. The predicted molar refractivity (Wildman–Crippen MR) is 112 cm³/mol. The quantitative estimate of drug-likeness (QED) is 0.290. The molecule has 0 aliphatic rings. The second kappa shape index (κ2) is 8.82. The Balaban J connectivity index is 1.88. The summed E-state index contributed by atoms with van der Waals surface area (Å²) in [6.45, 7) is 0. The molecular formula is C22H10F8N4O2S. The van der Waals surface area contributed by atoms with Gasteiger partial charge in [0, 0.05) is 11.6 Å². The van der Waals surface area contributed by atoms with Gasteiger partial charge in [0.25, 0.3) is 0 Å². The third-order valence-corrected chi connectivity index (χ3v) is 5.87. The molecular weight excluding hydrogens is 536 g/mol. The number of sulfonamides is 1. The first kappa shape index (κ1) is 26.0. The second-order valence-electron chi connectivity index (χ2n) is 7.44. The molecule has 4 rings (SSSR count). The van der Waals surface area contributed by atoms with Gasteiger partial charge in [0.05, 0.1) is 16.8 Å². The molecule has 4 aromatic rings. The van der Waals surface area contributed by atoms with E-state index in [1.165, 1.54) is 0 Å². The number of imidazole rings is 1. The highest BCUT2D eigenvalue weighted by Crippen LogP contribution is 2.34. The molecule has 2 N–H and O–H groups in total. The van der Waals surface area contributed by atoms with Gasteiger partial charge in [0.2, 0.25) is 10.0 Å². The summed E-state index contributed by atoms with van der Waals surface area (Å²) in [6.07, 6.45) is -8.89. The van der Waals surface area contributed by atoms with E-state index in [1.807, 2.05) is 0 Å². The van der Waals surface area contributed by atoms with Gasteiger partial charge in [-0.15, -0.1) is 0 Å². The molecule has 2 aromatic carbocycles. The van der Waals surface area contributed by atoms with Gasteiger partial charge in [-0.25, -0.2) is 32.3 Å². The number of benzene rings is 2. The molecule has 0 bridgehead atoms. The van der Waals surface area contributed by atoms with E-state index < -0.39 is 67.1 Å². The molecule has 15 heteroatoms. The highest BCUT2D eigenvalue weighted by atomic mass is 32.2. The molecule has 6 nitrogen and oxygen atoms in total. The minimum absolute atomic E-state index is 0.0801. The summed E-state index contributed by atoms with van der Waals surface area (Å²) in [5, 5.41) is 4.87. The lowest BCUT2D eigenvalue weighted by Gasteiger charge is -2.12. The molecule has 192 valence electrons.